The van der Waals surface area contributed by atoms with E-state index >= 15 is 0 Å². The summed E-state index contributed by atoms with van der Waals surface area (Å²) in [6, 6.07) is 11.3. The standard InChI is InChI=1S/C17H17BrN4O2/c18-14-2-4-15(5-3-14)20-16-6-1-13(11-19-16)17(24)22-9-7-21(12-23)8-10-22/h1-6,11-12H,7-10H2,(H,19,20). The summed E-state index contributed by atoms with van der Waals surface area (Å²) in [6.07, 6.45) is 2.40. The van der Waals surface area contributed by atoms with Crippen molar-refractivity contribution in [3.63, 3.8) is 0 Å². The second kappa shape index (κ2) is 7.44. The minimum Gasteiger partial charge on any atom is -0.342 e. The number of nitrogens with zero attached hydrogens (tertiary/aromatic N) is 3. The van der Waals surface area contributed by atoms with E-state index in [1.54, 1.807) is 28.1 Å². The lowest BCUT2D eigenvalue weighted by Crippen LogP contribution is -2.48. The van der Waals surface area contributed by atoms with Gasteiger partial charge in [0, 0.05) is 42.5 Å². The molecule has 0 atom stereocenters. The number of hydrogen-bond donors (Lipinski definition) is 1. The summed E-state index contributed by atoms with van der Waals surface area (Å²) in [7, 11) is 0. The fourth-order valence-corrected chi connectivity index (χ4v) is 2.75. The summed E-state index contributed by atoms with van der Waals surface area (Å²) in [4.78, 5) is 30.9. The smallest absolute Gasteiger partial charge is 0.255 e. The monoisotopic (exact) mass is 388 g/mol. The number of nitrogens with one attached hydrogen (secondary N) is 1. The van der Waals surface area contributed by atoms with E-state index in [0.29, 0.717) is 37.6 Å². The third-order valence-electron chi connectivity index (χ3n) is 3.88. The number of anilines is 2. The van der Waals surface area contributed by atoms with Gasteiger partial charge in [0.05, 0.1) is 5.56 Å². The second-order valence-corrected chi connectivity index (χ2v) is 6.41. The largest absolute Gasteiger partial charge is 0.342 e. The lowest BCUT2D eigenvalue weighted by atomic mass is 10.2. The van der Waals surface area contributed by atoms with Gasteiger partial charge in [-0.05, 0) is 36.4 Å². The van der Waals surface area contributed by atoms with Gasteiger partial charge in [0.15, 0.2) is 0 Å². The molecule has 1 aliphatic heterocycles. The van der Waals surface area contributed by atoms with Crippen LogP contribution in [0.5, 0.6) is 0 Å². The van der Waals surface area contributed by atoms with E-state index in [1.165, 1.54) is 0 Å². The Balaban J connectivity index is 1.62. The van der Waals surface area contributed by atoms with Gasteiger partial charge in [0.2, 0.25) is 6.41 Å². The summed E-state index contributed by atoms with van der Waals surface area (Å²) >= 11 is 3.39. The van der Waals surface area contributed by atoms with Crippen LogP contribution in [0.25, 0.3) is 0 Å². The van der Waals surface area contributed by atoms with Gasteiger partial charge in [-0.2, -0.15) is 0 Å². The first-order chi connectivity index (χ1) is 11.7. The number of hydrogen-bond acceptors (Lipinski definition) is 4. The predicted molar refractivity (Wildman–Crippen MR) is 95.2 cm³/mol. The quantitative estimate of drug-likeness (QED) is 0.817. The molecular formula is C17H17BrN4O2. The van der Waals surface area contributed by atoms with Crippen LogP contribution in [-0.2, 0) is 4.79 Å². The Morgan fingerprint density at radius 3 is 2.38 bits per heavy atom. The van der Waals surface area contributed by atoms with Crippen LogP contribution < -0.4 is 5.32 Å². The average Bonchev–Trinajstić information content (AvgIpc) is 2.64. The van der Waals surface area contributed by atoms with Gasteiger partial charge in [0.1, 0.15) is 5.82 Å². The number of pyridine rings is 1. The SMILES string of the molecule is O=CN1CCN(C(=O)c2ccc(Nc3ccc(Br)cc3)nc2)CC1. The number of aromatic nitrogens is 1. The highest BCUT2D eigenvalue weighted by atomic mass is 79.9. The fourth-order valence-electron chi connectivity index (χ4n) is 2.49. The van der Waals surface area contributed by atoms with Crippen LogP contribution in [0.15, 0.2) is 47.1 Å². The number of halogens is 1. The number of amides is 2. The highest BCUT2D eigenvalue weighted by Gasteiger charge is 2.21. The molecule has 1 saturated heterocycles. The molecule has 3 rings (SSSR count). The van der Waals surface area contributed by atoms with Crippen molar-refractivity contribution in [1.29, 1.82) is 0 Å². The van der Waals surface area contributed by atoms with Crippen molar-refractivity contribution in [2.75, 3.05) is 31.5 Å². The zero-order chi connectivity index (χ0) is 16.9. The zero-order valence-corrected chi connectivity index (χ0v) is 14.6. The molecule has 0 unspecified atom stereocenters. The highest BCUT2D eigenvalue weighted by Crippen LogP contribution is 2.18. The highest BCUT2D eigenvalue weighted by molar-refractivity contribution is 9.10. The lowest BCUT2D eigenvalue weighted by Gasteiger charge is -2.32. The van der Waals surface area contributed by atoms with Gasteiger partial charge in [-0.1, -0.05) is 15.9 Å². The van der Waals surface area contributed by atoms with Crippen LogP contribution in [0, 0.1) is 0 Å². The minimum atomic E-state index is -0.0526. The molecule has 1 aromatic heterocycles. The maximum Gasteiger partial charge on any atom is 0.255 e. The van der Waals surface area contributed by atoms with E-state index in [2.05, 4.69) is 26.2 Å². The minimum absolute atomic E-state index is 0.0526. The van der Waals surface area contributed by atoms with Crippen molar-refractivity contribution in [2.45, 2.75) is 0 Å². The summed E-state index contributed by atoms with van der Waals surface area (Å²) in [6.45, 7) is 2.25. The molecule has 0 radical (unpaired) electrons. The third-order valence-corrected chi connectivity index (χ3v) is 4.41. The Labute approximate surface area is 148 Å². The number of rotatable bonds is 4. The third kappa shape index (κ3) is 3.91. The van der Waals surface area contributed by atoms with E-state index in [1.807, 2.05) is 24.3 Å². The molecule has 1 aliphatic rings. The van der Waals surface area contributed by atoms with Crippen LogP contribution >= 0.6 is 15.9 Å². The molecule has 7 heteroatoms. The van der Waals surface area contributed by atoms with E-state index in [-0.39, 0.29) is 5.91 Å². The summed E-state index contributed by atoms with van der Waals surface area (Å²) < 4.78 is 1.01. The van der Waals surface area contributed by atoms with Crippen molar-refractivity contribution in [1.82, 2.24) is 14.8 Å². The topological polar surface area (TPSA) is 65.5 Å². The Bertz CT molecular complexity index is 710. The van der Waals surface area contributed by atoms with Gasteiger partial charge in [-0.3, -0.25) is 9.59 Å². The molecule has 0 aliphatic carbocycles. The summed E-state index contributed by atoms with van der Waals surface area (Å²) in [5.74, 6) is 0.628. The van der Waals surface area contributed by atoms with Gasteiger partial charge in [-0.15, -0.1) is 0 Å². The lowest BCUT2D eigenvalue weighted by molar-refractivity contribution is -0.119. The first-order valence-electron chi connectivity index (χ1n) is 7.63. The van der Waals surface area contributed by atoms with Crippen molar-refractivity contribution in [2.24, 2.45) is 0 Å². The number of carbonyl (C=O) groups excluding carboxylic acids is 2. The summed E-state index contributed by atoms with van der Waals surface area (Å²) in [5, 5.41) is 3.19. The molecular weight excluding hydrogens is 372 g/mol. The Morgan fingerprint density at radius 1 is 1.08 bits per heavy atom. The van der Waals surface area contributed by atoms with E-state index in [9.17, 15) is 9.59 Å². The Hall–Kier alpha value is -2.41. The van der Waals surface area contributed by atoms with E-state index < -0.39 is 0 Å². The Morgan fingerprint density at radius 2 is 1.79 bits per heavy atom. The van der Waals surface area contributed by atoms with Crippen molar-refractivity contribution < 1.29 is 9.59 Å². The molecule has 24 heavy (non-hydrogen) atoms. The predicted octanol–water partition coefficient (Wildman–Crippen LogP) is 2.50. The van der Waals surface area contributed by atoms with Crippen LogP contribution in [0.4, 0.5) is 11.5 Å². The molecule has 1 aromatic carbocycles. The molecule has 2 aromatic rings. The van der Waals surface area contributed by atoms with Crippen LogP contribution in [0.1, 0.15) is 10.4 Å². The molecule has 0 bridgehead atoms. The molecule has 6 nitrogen and oxygen atoms in total. The fraction of sp³-hybridized carbons (Fsp3) is 0.235. The zero-order valence-electron chi connectivity index (χ0n) is 13.0. The van der Waals surface area contributed by atoms with E-state index in [4.69, 9.17) is 0 Å². The normalized spacial score (nSPS) is 14.4. The number of piperazine rings is 1. The molecule has 2 amide bonds. The molecule has 0 saturated carbocycles. The average molecular weight is 389 g/mol. The molecule has 124 valence electrons. The van der Waals surface area contributed by atoms with Crippen molar-refractivity contribution in [3.8, 4) is 0 Å². The number of carbonyl (C=O) groups is 2. The molecule has 1 fully saturated rings. The maximum absolute atomic E-state index is 12.5. The molecule has 0 spiro atoms. The summed E-state index contributed by atoms with van der Waals surface area (Å²) in [5.41, 5.74) is 1.48. The van der Waals surface area contributed by atoms with Gasteiger partial charge in [-0.25, -0.2) is 4.98 Å². The van der Waals surface area contributed by atoms with Crippen LogP contribution in [0.3, 0.4) is 0 Å². The van der Waals surface area contributed by atoms with Crippen molar-refractivity contribution in [3.05, 3.63) is 52.6 Å². The molecule has 2 heterocycles. The Kier molecular flexibility index (Phi) is 5.10. The van der Waals surface area contributed by atoms with Gasteiger partial charge < -0.3 is 15.1 Å². The maximum atomic E-state index is 12.5. The van der Waals surface area contributed by atoms with Crippen LogP contribution in [0.2, 0.25) is 0 Å². The second-order valence-electron chi connectivity index (χ2n) is 5.50. The molecule has 1 N–H and O–H groups in total. The van der Waals surface area contributed by atoms with E-state index in [0.717, 1.165) is 16.6 Å². The van der Waals surface area contributed by atoms with Gasteiger partial charge >= 0.3 is 0 Å². The first-order valence-corrected chi connectivity index (χ1v) is 8.42. The number of benzene rings is 1. The van der Waals surface area contributed by atoms with Crippen molar-refractivity contribution >= 4 is 39.8 Å². The van der Waals surface area contributed by atoms with Crippen LogP contribution in [-0.4, -0.2) is 53.3 Å². The van der Waals surface area contributed by atoms with Gasteiger partial charge in [0.25, 0.3) is 5.91 Å². The first kappa shape index (κ1) is 16.4.